The number of nitrogens with one attached hydrogen (secondary N) is 3. The third kappa shape index (κ3) is 7.29. The first-order chi connectivity index (χ1) is 19.7. The van der Waals surface area contributed by atoms with E-state index < -0.39 is 47.6 Å². The highest BCUT2D eigenvalue weighted by Gasteiger charge is 2.48. The van der Waals surface area contributed by atoms with Gasteiger partial charge in [0.1, 0.15) is 12.2 Å². The Kier molecular flexibility index (Phi) is 9.36. The third-order valence-corrected chi connectivity index (χ3v) is 7.26. The molecule has 214 valence electrons. The van der Waals surface area contributed by atoms with Crippen LogP contribution in [0.2, 0.25) is 0 Å². The van der Waals surface area contributed by atoms with Crippen LogP contribution >= 0.6 is 0 Å². The number of ether oxygens (including phenoxy) is 1. The van der Waals surface area contributed by atoms with Gasteiger partial charge in [0.2, 0.25) is 17.7 Å². The molecule has 41 heavy (non-hydrogen) atoms. The molecule has 10 nitrogen and oxygen atoms in total. The molecule has 0 bridgehead atoms. The molecule has 0 saturated carbocycles. The van der Waals surface area contributed by atoms with E-state index in [1.54, 1.807) is 24.3 Å². The van der Waals surface area contributed by atoms with Crippen molar-refractivity contribution in [2.24, 2.45) is 5.73 Å². The van der Waals surface area contributed by atoms with Crippen LogP contribution in [0, 0.1) is 0 Å². The Labute approximate surface area is 238 Å². The van der Waals surface area contributed by atoms with Crippen LogP contribution in [0.3, 0.4) is 0 Å². The summed E-state index contributed by atoms with van der Waals surface area (Å²) < 4.78 is 5.22. The summed E-state index contributed by atoms with van der Waals surface area (Å²) in [4.78, 5) is 50.6. The quantitative estimate of drug-likeness (QED) is 0.209. The van der Waals surface area contributed by atoms with Crippen LogP contribution in [-0.4, -0.2) is 54.0 Å². The summed E-state index contributed by atoms with van der Waals surface area (Å²) in [5, 5.41) is 19.8. The number of carbonyl (C=O) groups excluding carboxylic acids is 4. The molecular weight excluding hydrogens is 524 g/mol. The topological polar surface area (TPSA) is 160 Å². The summed E-state index contributed by atoms with van der Waals surface area (Å²) in [6.45, 7) is 0.0810. The number of hydrogen-bond donors (Lipinski definition) is 5. The van der Waals surface area contributed by atoms with Crippen molar-refractivity contribution in [1.29, 1.82) is 0 Å². The fourth-order valence-electron chi connectivity index (χ4n) is 5.09. The van der Waals surface area contributed by atoms with E-state index in [0.29, 0.717) is 11.3 Å². The van der Waals surface area contributed by atoms with Gasteiger partial charge >= 0.3 is 0 Å². The van der Waals surface area contributed by atoms with E-state index in [4.69, 9.17) is 10.5 Å². The van der Waals surface area contributed by atoms with Crippen LogP contribution < -0.4 is 26.4 Å². The minimum Gasteiger partial charge on any atom is -0.497 e. The van der Waals surface area contributed by atoms with Crippen molar-refractivity contribution in [3.63, 3.8) is 0 Å². The second-order valence-electron chi connectivity index (χ2n) is 10.1. The fraction of sp³-hybridized carbons (Fsp3) is 0.290. The predicted octanol–water partition coefficient (Wildman–Crippen LogP) is 1.10. The van der Waals surface area contributed by atoms with Gasteiger partial charge in [0, 0.05) is 13.1 Å². The molecule has 1 aliphatic rings. The molecule has 2 atom stereocenters. The Hall–Kier alpha value is -4.70. The van der Waals surface area contributed by atoms with Crippen LogP contribution in [0.15, 0.2) is 78.9 Å². The number of primary amides is 1. The van der Waals surface area contributed by atoms with Gasteiger partial charge in [-0.05, 0) is 47.2 Å². The van der Waals surface area contributed by atoms with Crippen molar-refractivity contribution in [1.82, 2.24) is 16.0 Å². The third-order valence-electron chi connectivity index (χ3n) is 7.26. The normalized spacial score (nSPS) is 14.7. The van der Waals surface area contributed by atoms with E-state index in [0.717, 1.165) is 16.7 Å². The molecule has 4 amide bonds. The highest BCUT2D eigenvalue weighted by atomic mass is 16.5. The summed E-state index contributed by atoms with van der Waals surface area (Å²) in [5.41, 5.74) is 7.07. The van der Waals surface area contributed by atoms with Crippen LogP contribution in [0.5, 0.6) is 5.75 Å². The molecule has 10 heteroatoms. The Balaban J connectivity index is 1.59. The monoisotopic (exact) mass is 558 g/mol. The second kappa shape index (κ2) is 13.1. The highest BCUT2D eigenvalue weighted by molar-refractivity contribution is 5.96. The number of aliphatic hydroxyl groups is 1. The largest absolute Gasteiger partial charge is 0.497 e. The molecule has 1 aliphatic carbocycles. The first-order valence-corrected chi connectivity index (χ1v) is 13.3. The molecule has 3 aromatic carbocycles. The SMILES string of the molecule is COc1ccc([C@H](CNC(=O)CC(N)=O)C(=O)NC2(C(O)C(=O)NCc3ccccc3)Cc3ccccc3C2)cc1. The van der Waals surface area contributed by atoms with E-state index >= 15 is 0 Å². The van der Waals surface area contributed by atoms with Gasteiger partial charge in [0.25, 0.3) is 5.91 Å². The number of methoxy groups -OCH3 is 1. The molecule has 0 aromatic heterocycles. The van der Waals surface area contributed by atoms with Crippen LogP contribution in [-0.2, 0) is 38.6 Å². The van der Waals surface area contributed by atoms with Gasteiger partial charge in [-0.2, -0.15) is 0 Å². The molecule has 6 N–H and O–H groups in total. The van der Waals surface area contributed by atoms with Gasteiger partial charge in [0.15, 0.2) is 6.10 Å². The molecule has 1 unspecified atom stereocenters. The number of rotatable bonds is 12. The van der Waals surface area contributed by atoms with E-state index in [1.165, 1.54) is 7.11 Å². The van der Waals surface area contributed by atoms with Crippen molar-refractivity contribution in [3.05, 3.63) is 101 Å². The van der Waals surface area contributed by atoms with E-state index in [1.807, 2.05) is 54.6 Å². The predicted molar refractivity (Wildman–Crippen MR) is 152 cm³/mol. The Morgan fingerprint density at radius 2 is 1.49 bits per heavy atom. The van der Waals surface area contributed by atoms with Crippen molar-refractivity contribution in [2.75, 3.05) is 13.7 Å². The zero-order valence-corrected chi connectivity index (χ0v) is 22.8. The summed E-state index contributed by atoms with van der Waals surface area (Å²) in [6.07, 6.45) is -1.61. The standard InChI is InChI=1S/C31H34N4O6/c1-41-24-13-11-21(12-14-24)25(19-33-27(37)15-26(32)36)29(39)35-31(16-22-9-5-6-10-23(22)17-31)28(38)30(40)34-18-20-7-3-2-4-8-20/h2-14,25,28,38H,15-19H2,1H3,(H2,32,36)(H,33,37)(H,34,40)(H,35,39)/t25-,28?/m0/s1. The van der Waals surface area contributed by atoms with Gasteiger partial charge in [-0.3, -0.25) is 19.2 Å². The van der Waals surface area contributed by atoms with Gasteiger partial charge in [-0.15, -0.1) is 0 Å². The Morgan fingerprint density at radius 3 is 2.07 bits per heavy atom. The molecular formula is C31H34N4O6. The lowest BCUT2D eigenvalue weighted by atomic mass is 9.86. The maximum Gasteiger partial charge on any atom is 0.251 e. The van der Waals surface area contributed by atoms with Gasteiger partial charge < -0.3 is 31.5 Å². The number of aliphatic hydroxyl groups excluding tert-OH is 1. The maximum atomic E-state index is 13.9. The molecule has 0 spiro atoms. The van der Waals surface area contributed by atoms with Crippen molar-refractivity contribution in [3.8, 4) is 5.75 Å². The lowest BCUT2D eigenvalue weighted by Gasteiger charge is -2.36. The van der Waals surface area contributed by atoms with Crippen LogP contribution in [0.25, 0.3) is 0 Å². The van der Waals surface area contributed by atoms with E-state index in [9.17, 15) is 24.3 Å². The number of hydrogen-bond acceptors (Lipinski definition) is 6. The number of fused-ring (bicyclic) bond motifs is 1. The molecule has 3 aromatic rings. The number of carbonyl (C=O) groups is 4. The summed E-state index contributed by atoms with van der Waals surface area (Å²) in [6, 6.07) is 23.6. The zero-order valence-electron chi connectivity index (χ0n) is 22.8. The fourth-order valence-corrected chi connectivity index (χ4v) is 5.09. The molecule has 0 radical (unpaired) electrons. The number of nitrogens with two attached hydrogens (primary N) is 1. The highest BCUT2D eigenvalue weighted by Crippen LogP contribution is 2.34. The lowest BCUT2D eigenvalue weighted by Crippen LogP contribution is -2.63. The Bertz CT molecular complexity index is 1370. The maximum absolute atomic E-state index is 13.9. The zero-order chi connectivity index (χ0) is 29.4. The van der Waals surface area contributed by atoms with Gasteiger partial charge in [0.05, 0.1) is 18.6 Å². The minimum absolute atomic E-state index is 0.135. The van der Waals surface area contributed by atoms with Crippen LogP contribution in [0.1, 0.15) is 34.6 Å². The molecule has 0 heterocycles. The van der Waals surface area contributed by atoms with Crippen LogP contribution in [0.4, 0.5) is 0 Å². The van der Waals surface area contributed by atoms with Crippen molar-refractivity contribution in [2.45, 2.75) is 43.4 Å². The minimum atomic E-state index is -1.57. The summed E-state index contributed by atoms with van der Waals surface area (Å²) >= 11 is 0. The first kappa shape index (κ1) is 29.3. The molecule has 0 saturated heterocycles. The summed E-state index contributed by atoms with van der Waals surface area (Å²) in [7, 11) is 1.52. The van der Waals surface area contributed by atoms with Gasteiger partial charge in [-0.25, -0.2) is 0 Å². The average Bonchev–Trinajstić information content (AvgIpc) is 3.35. The smallest absolute Gasteiger partial charge is 0.251 e. The average molecular weight is 559 g/mol. The number of benzene rings is 3. The van der Waals surface area contributed by atoms with Crippen molar-refractivity contribution >= 4 is 23.6 Å². The summed E-state index contributed by atoms with van der Waals surface area (Å²) in [5.74, 6) is -2.85. The van der Waals surface area contributed by atoms with Crippen molar-refractivity contribution < 1.29 is 29.0 Å². The Morgan fingerprint density at radius 1 is 0.878 bits per heavy atom. The molecule has 0 fully saturated rings. The number of amides is 4. The first-order valence-electron chi connectivity index (χ1n) is 13.3. The van der Waals surface area contributed by atoms with E-state index in [-0.39, 0.29) is 25.9 Å². The molecule has 0 aliphatic heterocycles. The van der Waals surface area contributed by atoms with E-state index in [2.05, 4.69) is 16.0 Å². The molecule has 4 rings (SSSR count). The second-order valence-corrected chi connectivity index (χ2v) is 10.1. The lowest BCUT2D eigenvalue weighted by molar-refractivity contribution is -0.136. The van der Waals surface area contributed by atoms with Gasteiger partial charge in [-0.1, -0.05) is 66.7 Å².